The van der Waals surface area contributed by atoms with Gasteiger partial charge in [0.25, 0.3) is 0 Å². The van der Waals surface area contributed by atoms with Crippen LogP contribution in [0.3, 0.4) is 0 Å². The third kappa shape index (κ3) is 4.48. The molecule has 3 aromatic rings. The number of hydrogen-bond acceptors (Lipinski definition) is 3. The minimum Gasteiger partial charge on any atom is -0.457 e. The van der Waals surface area contributed by atoms with E-state index in [0.717, 1.165) is 17.1 Å². The molecule has 0 amide bonds. The molecule has 0 saturated carbocycles. The van der Waals surface area contributed by atoms with E-state index in [9.17, 15) is 8.42 Å². The van der Waals surface area contributed by atoms with Gasteiger partial charge in [0.1, 0.15) is 11.5 Å². The number of rotatable bonds is 6. The van der Waals surface area contributed by atoms with Crippen molar-refractivity contribution >= 4 is 9.84 Å². The van der Waals surface area contributed by atoms with E-state index in [1.54, 1.807) is 24.3 Å². The highest BCUT2D eigenvalue weighted by atomic mass is 32.2. The highest BCUT2D eigenvalue weighted by Crippen LogP contribution is 2.26. The number of ether oxygens (including phenoxy) is 1. The smallest absolute Gasteiger partial charge is 0.178 e. The van der Waals surface area contributed by atoms with Gasteiger partial charge in [0, 0.05) is 0 Å². The predicted molar refractivity (Wildman–Crippen MR) is 99.9 cm³/mol. The van der Waals surface area contributed by atoms with Gasteiger partial charge in [0.15, 0.2) is 9.84 Å². The van der Waals surface area contributed by atoms with E-state index in [4.69, 9.17) is 4.74 Å². The van der Waals surface area contributed by atoms with E-state index in [0.29, 0.717) is 4.90 Å². The fourth-order valence-electron chi connectivity index (χ4n) is 2.64. The van der Waals surface area contributed by atoms with Crippen molar-refractivity contribution in [3.8, 4) is 11.5 Å². The number of sulfone groups is 1. The van der Waals surface area contributed by atoms with Gasteiger partial charge in [-0.05, 0) is 47.9 Å². The van der Waals surface area contributed by atoms with Crippen LogP contribution in [0.1, 0.15) is 18.4 Å². The molecule has 0 unspecified atom stereocenters. The lowest BCUT2D eigenvalue weighted by molar-refractivity contribution is 0.482. The molecular weight excluding hydrogens is 332 g/mol. The van der Waals surface area contributed by atoms with Crippen LogP contribution >= 0.6 is 0 Å². The van der Waals surface area contributed by atoms with E-state index in [1.165, 1.54) is 0 Å². The second-order valence-corrected chi connectivity index (χ2v) is 8.01. The fraction of sp³-hybridized carbons (Fsp3) is 0.143. The van der Waals surface area contributed by atoms with Crippen LogP contribution in [0.2, 0.25) is 0 Å². The summed E-state index contributed by atoms with van der Waals surface area (Å²) >= 11 is 0. The molecule has 3 rings (SSSR count). The number of para-hydroxylation sites is 1. The van der Waals surface area contributed by atoms with E-state index in [-0.39, 0.29) is 11.7 Å². The maximum absolute atomic E-state index is 12.5. The number of hydrogen-bond donors (Lipinski definition) is 0. The third-order valence-electron chi connectivity index (χ3n) is 4.00. The maximum atomic E-state index is 12.5. The average molecular weight is 352 g/mol. The molecule has 128 valence electrons. The van der Waals surface area contributed by atoms with Crippen LogP contribution < -0.4 is 4.74 Å². The molecule has 0 aliphatic heterocycles. The van der Waals surface area contributed by atoms with Gasteiger partial charge in [-0.25, -0.2) is 8.42 Å². The Hall–Kier alpha value is -2.59. The van der Waals surface area contributed by atoms with Gasteiger partial charge in [-0.15, -0.1) is 0 Å². The van der Waals surface area contributed by atoms with E-state index in [2.05, 4.69) is 0 Å². The molecular formula is C21H20O3S. The van der Waals surface area contributed by atoms with Gasteiger partial charge in [-0.1, -0.05) is 55.5 Å². The highest BCUT2D eigenvalue weighted by molar-refractivity contribution is 7.91. The summed E-state index contributed by atoms with van der Waals surface area (Å²) < 4.78 is 30.8. The van der Waals surface area contributed by atoms with Gasteiger partial charge >= 0.3 is 0 Å². The van der Waals surface area contributed by atoms with Crippen LogP contribution in [-0.4, -0.2) is 14.2 Å². The Bertz CT molecular complexity index is 902. The van der Waals surface area contributed by atoms with Crippen molar-refractivity contribution in [2.45, 2.75) is 17.7 Å². The van der Waals surface area contributed by atoms with Gasteiger partial charge in [0.2, 0.25) is 0 Å². The Morgan fingerprint density at radius 3 is 1.88 bits per heavy atom. The van der Waals surface area contributed by atoms with Gasteiger partial charge in [-0.3, -0.25) is 0 Å². The van der Waals surface area contributed by atoms with Crippen molar-refractivity contribution in [2.75, 3.05) is 5.75 Å². The third-order valence-corrected chi connectivity index (χ3v) is 5.93. The van der Waals surface area contributed by atoms with Gasteiger partial charge in [0.05, 0.1) is 10.6 Å². The topological polar surface area (TPSA) is 43.4 Å². The highest BCUT2D eigenvalue weighted by Gasteiger charge is 2.19. The first kappa shape index (κ1) is 17.2. The van der Waals surface area contributed by atoms with Crippen LogP contribution in [0.15, 0.2) is 89.8 Å². The molecule has 0 spiro atoms. The summed E-state index contributed by atoms with van der Waals surface area (Å²) in [6, 6.07) is 25.7. The Balaban J connectivity index is 1.69. The Kier molecular flexibility index (Phi) is 5.19. The summed E-state index contributed by atoms with van der Waals surface area (Å²) in [5.74, 6) is 1.48. The van der Waals surface area contributed by atoms with Crippen molar-refractivity contribution in [2.24, 2.45) is 0 Å². The molecule has 0 heterocycles. The first-order valence-corrected chi connectivity index (χ1v) is 9.80. The van der Waals surface area contributed by atoms with E-state index in [1.807, 2.05) is 67.6 Å². The molecule has 0 bridgehead atoms. The second-order valence-electron chi connectivity index (χ2n) is 5.98. The lowest BCUT2D eigenvalue weighted by Gasteiger charge is -2.13. The molecule has 3 nitrogen and oxygen atoms in total. The van der Waals surface area contributed by atoms with Crippen molar-refractivity contribution in [1.82, 2.24) is 0 Å². The quantitative estimate of drug-likeness (QED) is 0.623. The van der Waals surface area contributed by atoms with Crippen molar-refractivity contribution in [3.63, 3.8) is 0 Å². The summed E-state index contributed by atoms with van der Waals surface area (Å²) in [5.41, 5.74) is 0.972. The Morgan fingerprint density at radius 2 is 1.28 bits per heavy atom. The molecule has 0 N–H and O–H groups in total. The first-order valence-electron chi connectivity index (χ1n) is 8.15. The molecule has 0 fully saturated rings. The van der Waals surface area contributed by atoms with E-state index >= 15 is 0 Å². The number of benzene rings is 3. The molecule has 0 radical (unpaired) electrons. The standard InChI is InChI=1S/C21H20O3S/c1-17(16-25(22,23)21-10-6-3-7-11-21)18-12-14-20(15-13-18)24-19-8-4-2-5-9-19/h2-15,17H,16H2,1H3/t17-/m0/s1. The van der Waals surface area contributed by atoms with Crippen molar-refractivity contribution in [1.29, 1.82) is 0 Å². The zero-order valence-corrected chi connectivity index (χ0v) is 14.8. The van der Waals surface area contributed by atoms with Gasteiger partial charge < -0.3 is 4.74 Å². The first-order chi connectivity index (χ1) is 12.0. The molecule has 0 aliphatic carbocycles. The molecule has 1 atom stereocenters. The lowest BCUT2D eigenvalue weighted by Crippen LogP contribution is -2.12. The predicted octanol–water partition coefficient (Wildman–Crippen LogP) is 5.06. The summed E-state index contributed by atoms with van der Waals surface area (Å²) in [5, 5.41) is 0. The monoisotopic (exact) mass is 352 g/mol. The van der Waals surface area contributed by atoms with Crippen molar-refractivity contribution in [3.05, 3.63) is 90.5 Å². The zero-order valence-electron chi connectivity index (χ0n) is 14.0. The van der Waals surface area contributed by atoms with Crippen LogP contribution in [0.5, 0.6) is 11.5 Å². The minimum atomic E-state index is -3.30. The average Bonchev–Trinajstić information content (AvgIpc) is 2.63. The molecule has 0 saturated heterocycles. The molecule has 0 aromatic heterocycles. The van der Waals surface area contributed by atoms with Crippen LogP contribution in [-0.2, 0) is 9.84 Å². The van der Waals surface area contributed by atoms with Crippen LogP contribution in [0.25, 0.3) is 0 Å². The molecule has 0 aliphatic rings. The van der Waals surface area contributed by atoms with Crippen molar-refractivity contribution < 1.29 is 13.2 Å². The Morgan fingerprint density at radius 1 is 0.760 bits per heavy atom. The largest absolute Gasteiger partial charge is 0.457 e. The normalized spacial score (nSPS) is 12.5. The van der Waals surface area contributed by atoms with Gasteiger partial charge in [-0.2, -0.15) is 0 Å². The fourth-order valence-corrected chi connectivity index (χ4v) is 4.25. The van der Waals surface area contributed by atoms with E-state index < -0.39 is 9.84 Å². The lowest BCUT2D eigenvalue weighted by atomic mass is 10.0. The molecule has 4 heteroatoms. The minimum absolute atomic E-state index is 0.0793. The summed E-state index contributed by atoms with van der Waals surface area (Å²) in [7, 11) is -3.30. The second kappa shape index (κ2) is 7.53. The summed E-state index contributed by atoms with van der Waals surface area (Å²) in [6.07, 6.45) is 0. The SMILES string of the molecule is C[C@@H](CS(=O)(=O)c1ccccc1)c1ccc(Oc2ccccc2)cc1. The molecule has 3 aromatic carbocycles. The van der Waals surface area contributed by atoms with Crippen LogP contribution in [0, 0.1) is 0 Å². The zero-order chi connectivity index (χ0) is 17.7. The maximum Gasteiger partial charge on any atom is 0.178 e. The van der Waals surface area contributed by atoms with Crippen LogP contribution in [0.4, 0.5) is 0 Å². The summed E-state index contributed by atoms with van der Waals surface area (Å²) in [6.45, 7) is 1.92. The Labute approximate surface area is 148 Å². The molecule has 25 heavy (non-hydrogen) atoms. The summed E-state index contributed by atoms with van der Waals surface area (Å²) in [4.78, 5) is 0.367.